The SMILES string of the molecule is COc1cc(C=O)ccc1C=CCN1C(=O)CCC1=O. The lowest BCUT2D eigenvalue weighted by Crippen LogP contribution is -2.28. The number of carbonyl (C=O) groups excluding carboxylic acids is 3. The molecule has 104 valence electrons. The van der Waals surface area contributed by atoms with Crippen LogP contribution in [0.2, 0.25) is 0 Å². The van der Waals surface area contributed by atoms with Gasteiger partial charge in [-0.3, -0.25) is 19.3 Å². The standard InChI is InChI=1S/C15H15NO4/c1-20-13-9-11(10-17)4-5-12(13)3-2-8-16-14(18)6-7-15(16)19/h2-5,9-10H,6-8H2,1H3. The third kappa shape index (κ3) is 2.93. The van der Waals surface area contributed by atoms with E-state index in [4.69, 9.17) is 4.74 Å². The number of ether oxygens (including phenoxy) is 1. The summed E-state index contributed by atoms with van der Waals surface area (Å²) >= 11 is 0. The lowest BCUT2D eigenvalue weighted by molar-refractivity contribution is -0.137. The van der Waals surface area contributed by atoms with Gasteiger partial charge in [-0.05, 0) is 6.07 Å². The molecule has 0 atom stereocenters. The number of rotatable bonds is 5. The fourth-order valence-electron chi connectivity index (χ4n) is 2.05. The molecule has 1 aromatic carbocycles. The number of hydrogen-bond donors (Lipinski definition) is 0. The molecule has 5 nitrogen and oxygen atoms in total. The van der Waals surface area contributed by atoms with Gasteiger partial charge in [0.1, 0.15) is 12.0 Å². The zero-order chi connectivity index (χ0) is 14.5. The Labute approximate surface area is 116 Å². The molecule has 0 radical (unpaired) electrons. The maximum atomic E-state index is 11.4. The van der Waals surface area contributed by atoms with Crippen LogP contribution in [0.1, 0.15) is 28.8 Å². The van der Waals surface area contributed by atoms with Crippen molar-refractivity contribution in [2.45, 2.75) is 12.8 Å². The number of likely N-dealkylation sites (tertiary alicyclic amines) is 1. The molecular formula is C15H15NO4. The average Bonchev–Trinajstić information content (AvgIpc) is 2.79. The number of aldehydes is 1. The Morgan fingerprint density at radius 2 is 1.95 bits per heavy atom. The molecule has 0 bridgehead atoms. The first-order chi connectivity index (χ1) is 9.65. The van der Waals surface area contributed by atoms with Gasteiger partial charge in [-0.25, -0.2) is 0 Å². The fourth-order valence-corrected chi connectivity index (χ4v) is 2.05. The summed E-state index contributed by atoms with van der Waals surface area (Å²) in [5.41, 5.74) is 1.32. The first-order valence-corrected chi connectivity index (χ1v) is 6.28. The largest absolute Gasteiger partial charge is 0.496 e. The van der Waals surface area contributed by atoms with Gasteiger partial charge < -0.3 is 4.74 Å². The average molecular weight is 273 g/mol. The lowest BCUT2D eigenvalue weighted by Gasteiger charge is -2.10. The first-order valence-electron chi connectivity index (χ1n) is 6.28. The van der Waals surface area contributed by atoms with E-state index < -0.39 is 0 Å². The van der Waals surface area contributed by atoms with E-state index in [0.29, 0.717) is 24.2 Å². The Balaban J connectivity index is 2.09. The number of carbonyl (C=O) groups is 3. The summed E-state index contributed by atoms with van der Waals surface area (Å²) in [7, 11) is 1.52. The van der Waals surface area contributed by atoms with E-state index in [1.165, 1.54) is 12.0 Å². The van der Waals surface area contributed by atoms with Crippen molar-refractivity contribution in [1.29, 1.82) is 0 Å². The fraction of sp³-hybridized carbons (Fsp3) is 0.267. The molecule has 1 fully saturated rings. The Morgan fingerprint density at radius 3 is 2.55 bits per heavy atom. The highest BCUT2D eigenvalue weighted by atomic mass is 16.5. The maximum absolute atomic E-state index is 11.4. The van der Waals surface area contributed by atoms with Gasteiger partial charge >= 0.3 is 0 Å². The van der Waals surface area contributed by atoms with Crippen LogP contribution in [0.15, 0.2) is 24.3 Å². The highest BCUT2D eigenvalue weighted by Crippen LogP contribution is 2.21. The number of amides is 2. The second-order valence-electron chi connectivity index (χ2n) is 4.42. The lowest BCUT2D eigenvalue weighted by atomic mass is 10.1. The van der Waals surface area contributed by atoms with E-state index in [1.807, 2.05) is 0 Å². The van der Waals surface area contributed by atoms with E-state index >= 15 is 0 Å². The maximum Gasteiger partial charge on any atom is 0.229 e. The highest BCUT2D eigenvalue weighted by molar-refractivity contribution is 6.02. The summed E-state index contributed by atoms with van der Waals surface area (Å²) < 4.78 is 5.19. The van der Waals surface area contributed by atoms with Gasteiger partial charge in [-0.1, -0.05) is 24.3 Å². The summed E-state index contributed by atoms with van der Waals surface area (Å²) in [6.07, 6.45) is 4.84. The minimum atomic E-state index is -0.136. The minimum absolute atomic E-state index is 0.136. The van der Waals surface area contributed by atoms with Crippen LogP contribution in [0.5, 0.6) is 5.75 Å². The summed E-state index contributed by atoms with van der Waals surface area (Å²) in [5.74, 6) is 0.302. The Kier molecular flexibility index (Phi) is 4.30. The van der Waals surface area contributed by atoms with Crippen molar-refractivity contribution >= 4 is 24.2 Å². The molecule has 0 aliphatic carbocycles. The van der Waals surface area contributed by atoms with Gasteiger partial charge in [0.05, 0.1) is 7.11 Å². The predicted molar refractivity (Wildman–Crippen MR) is 73.4 cm³/mol. The van der Waals surface area contributed by atoms with Crippen molar-refractivity contribution in [3.8, 4) is 5.75 Å². The molecule has 0 saturated carbocycles. The van der Waals surface area contributed by atoms with E-state index in [9.17, 15) is 14.4 Å². The van der Waals surface area contributed by atoms with E-state index in [0.717, 1.165) is 11.8 Å². The predicted octanol–water partition coefficient (Wildman–Crippen LogP) is 1.67. The molecule has 2 amide bonds. The van der Waals surface area contributed by atoms with Gasteiger partial charge in [-0.15, -0.1) is 0 Å². The zero-order valence-corrected chi connectivity index (χ0v) is 11.2. The molecule has 0 unspecified atom stereocenters. The normalized spacial score (nSPS) is 15.2. The molecule has 1 heterocycles. The molecule has 5 heteroatoms. The minimum Gasteiger partial charge on any atom is -0.496 e. The van der Waals surface area contributed by atoms with Crippen molar-refractivity contribution in [3.05, 3.63) is 35.4 Å². The van der Waals surface area contributed by atoms with Gasteiger partial charge in [-0.2, -0.15) is 0 Å². The van der Waals surface area contributed by atoms with Crippen LogP contribution in [0.3, 0.4) is 0 Å². The summed E-state index contributed by atoms with van der Waals surface area (Å²) in [6.45, 7) is 0.260. The van der Waals surface area contributed by atoms with Crippen molar-refractivity contribution in [3.63, 3.8) is 0 Å². The Hall–Kier alpha value is -2.43. The van der Waals surface area contributed by atoms with Crippen LogP contribution in [-0.4, -0.2) is 36.7 Å². The Bertz CT molecular complexity index is 561. The number of nitrogens with zero attached hydrogens (tertiary/aromatic N) is 1. The molecule has 2 rings (SSSR count). The van der Waals surface area contributed by atoms with Gasteiger partial charge in [0, 0.05) is 30.5 Å². The highest BCUT2D eigenvalue weighted by Gasteiger charge is 2.27. The molecule has 1 saturated heterocycles. The number of imide groups is 1. The molecular weight excluding hydrogens is 258 g/mol. The van der Waals surface area contributed by atoms with Crippen LogP contribution in [0, 0.1) is 0 Å². The van der Waals surface area contributed by atoms with E-state index in [2.05, 4.69) is 0 Å². The molecule has 0 spiro atoms. The molecule has 1 aliphatic heterocycles. The monoisotopic (exact) mass is 273 g/mol. The molecule has 1 aliphatic rings. The molecule has 1 aromatic rings. The Morgan fingerprint density at radius 1 is 1.25 bits per heavy atom. The number of methoxy groups -OCH3 is 1. The zero-order valence-electron chi connectivity index (χ0n) is 11.2. The van der Waals surface area contributed by atoms with Crippen molar-refractivity contribution in [2.24, 2.45) is 0 Å². The van der Waals surface area contributed by atoms with Crippen LogP contribution < -0.4 is 4.74 Å². The topological polar surface area (TPSA) is 63.7 Å². The third-order valence-corrected chi connectivity index (χ3v) is 3.13. The van der Waals surface area contributed by atoms with Crippen molar-refractivity contribution in [2.75, 3.05) is 13.7 Å². The second-order valence-corrected chi connectivity index (χ2v) is 4.42. The van der Waals surface area contributed by atoms with E-state index in [1.54, 1.807) is 30.4 Å². The van der Waals surface area contributed by atoms with Crippen LogP contribution in [0.25, 0.3) is 6.08 Å². The third-order valence-electron chi connectivity index (χ3n) is 3.13. The number of benzene rings is 1. The number of hydrogen-bond acceptors (Lipinski definition) is 4. The molecule has 20 heavy (non-hydrogen) atoms. The van der Waals surface area contributed by atoms with Gasteiger partial charge in [0.2, 0.25) is 11.8 Å². The van der Waals surface area contributed by atoms with Gasteiger partial charge in [0.25, 0.3) is 0 Å². The molecule has 0 aromatic heterocycles. The van der Waals surface area contributed by atoms with Crippen molar-refractivity contribution < 1.29 is 19.1 Å². The first kappa shape index (κ1) is 14.0. The van der Waals surface area contributed by atoms with Crippen LogP contribution in [0.4, 0.5) is 0 Å². The van der Waals surface area contributed by atoms with Gasteiger partial charge in [0.15, 0.2) is 0 Å². The van der Waals surface area contributed by atoms with Crippen LogP contribution >= 0.6 is 0 Å². The smallest absolute Gasteiger partial charge is 0.229 e. The van der Waals surface area contributed by atoms with Crippen molar-refractivity contribution in [1.82, 2.24) is 4.90 Å². The van der Waals surface area contributed by atoms with Crippen LogP contribution in [-0.2, 0) is 9.59 Å². The van der Waals surface area contributed by atoms with E-state index in [-0.39, 0.29) is 18.4 Å². The summed E-state index contributed by atoms with van der Waals surface area (Å²) in [5, 5.41) is 0. The molecule has 0 N–H and O–H groups in total. The second kappa shape index (κ2) is 6.14. The summed E-state index contributed by atoms with van der Waals surface area (Å²) in [6, 6.07) is 5.08. The summed E-state index contributed by atoms with van der Waals surface area (Å²) in [4.78, 5) is 34.8. The quantitative estimate of drug-likeness (QED) is 0.604.